The fraction of sp³-hybridized carbons (Fsp3) is 0.192. The summed E-state index contributed by atoms with van der Waals surface area (Å²) in [5, 5.41) is 19.6. The topological polar surface area (TPSA) is 113 Å². The van der Waals surface area contributed by atoms with Crippen molar-refractivity contribution in [3.63, 3.8) is 0 Å². The Kier molecular flexibility index (Phi) is 7.61. The summed E-state index contributed by atoms with van der Waals surface area (Å²) in [4.78, 5) is 19.4. The van der Waals surface area contributed by atoms with Crippen LogP contribution in [0.4, 0.5) is 46.4 Å². The molecule has 2 aromatic heterocycles. The number of aromatic nitrogens is 3. The highest BCUT2D eigenvalue weighted by atomic mass is 19.4. The number of carbonyl (C=O) groups excluding carboxylic acids is 1. The van der Waals surface area contributed by atoms with E-state index in [9.17, 15) is 27.5 Å². The zero-order valence-corrected chi connectivity index (χ0v) is 20.9. The first-order chi connectivity index (χ1) is 18.6. The highest BCUT2D eigenvalue weighted by Gasteiger charge is 2.35. The lowest BCUT2D eigenvalue weighted by Crippen LogP contribution is -2.13. The summed E-state index contributed by atoms with van der Waals surface area (Å²) in [7, 11) is 1.38. The van der Waals surface area contributed by atoms with Crippen LogP contribution in [-0.2, 0) is 17.5 Å². The van der Waals surface area contributed by atoms with Crippen LogP contribution in [0.15, 0.2) is 55.3 Å². The minimum Gasteiger partial charge on any atom is -0.494 e. The minimum absolute atomic E-state index is 0.112. The summed E-state index contributed by atoms with van der Waals surface area (Å²) in [5.41, 5.74) is 0.281. The summed E-state index contributed by atoms with van der Waals surface area (Å²) < 4.78 is 61.3. The molecule has 0 radical (unpaired) electrons. The molecule has 0 aliphatic heterocycles. The van der Waals surface area contributed by atoms with Crippen LogP contribution >= 0.6 is 0 Å². The SMILES string of the molecule is C=CC(=O)Nc1ccc(Nc2ncc(C(F)(F)F)c(Nc3cccc4c(C)n(CCF)c(O)c34)n2)c(OC)c1. The van der Waals surface area contributed by atoms with Gasteiger partial charge in [0.15, 0.2) is 0 Å². The average Bonchev–Trinajstić information content (AvgIpc) is 3.14. The van der Waals surface area contributed by atoms with E-state index in [1.807, 2.05) is 0 Å². The maximum atomic E-state index is 13.9. The fourth-order valence-corrected chi connectivity index (χ4v) is 4.05. The van der Waals surface area contributed by atoms with Crippen molar-refractivity contribution in [2.45, 2.75) is 19.6 Å². The number of hydrogen-bond acceptors (Lipinski definition) is 7. The van der Waals surface area contributed by atoms with Crippen molar-refractivity contribution in [1.82, 2.24) is 14.5 Å². The van der Waals surface area contributed by atoms with Crippen molar-refractivity contribution in [2.75, 3.05) is 29.7 Å². The van der Waals surface area contributed by atoms with Gasteiger partial charge in [0.1, 0.15) is 23.8 Å². The third kappa shape index (κ3) is 5.56. The Hall–Kier alpha value is -4.81. The fourth-order valence-electron chi connectivity index (χ4n) is 4.05. The number of nitrogens with zero attached hydrogens (tertiary/aromatic N) is 3. The molecule has 0 fully saturated rings. The highest BCUT2D eigenvalue weighted by molar-refractivity contribution is 6.01. The monoisotopic (exact) mass is 544 g/mol. The molecule has 2 aromatic carbocycles. The van der Waals surface area contributed by atoms with Gasteiger partial charge in [0, 0.05) is 29.0 Å². The van der Waals surface area contributed by atoms with Gasteiger partial charge in [0.05, 0.1) is 30.4 Å². The van der Waals surface area contributed by atoms with Gasteiger partial charge in [-0.3, -0.25) is 4.79 Å². The first-order valence-corrected chi connectivity index (χ1v) is 11.5. The molecule has 0 atom stereocenters. The Balaban J connectivity index is 1.74. The van der Waals surface area contributed by atoms with Gasteiger partial charge in [-0.15, -0.1) is 0 Å². The van der Waals surface area contributed by atoms with Gasteiger partial charge in [-0.25, -0.2) is 9.37 Å². The number of anilines is 5. The third-order valence-corrected chi connectivity index (χ3v) is 5.89. The van der Waals surface area contributed by atoms with E-state index in [-0.39, 0.29) is 35.2 Å². The van der Waals surface area contributed by atoms with E-state index in [0.717, 1.165) is 6.08 Å². The number of hydrogen-bond donors (Lipinski definition) is 4. The Morgan fingerprint density at radius 1 is 1.21 bits per heavy atom. The molecule has 39 heavy (non-hydrogen) atoms. The van der Waals surface area contributed by atoms with Gasteiger partial charge in [0.25, 0.3) is 0 Å². The van der Waals surface area contributed by atoms with Crippen LogP contribution in [0.5, 0.6) is 11.6 Å². The molecule has 4 aromatic rings. The van der Waals surface area contributed by atoms with Crippen LogP contribution in [0.2, 0.25) is 0 Å². The zero-order chi connectivity index (χ0) is 28.3. The molecular weight excluding hydrogens is 520 g/mol. The molecule has 9 nitrogen and oxygen atoms in total. The zero-order valence-electron chi connectivity index (χ0n) is 20.9. The smallest absolute Gasteiger partial charge is 0.421 e. The van der Waals surface area contributed by atoms with Gasteiger partial charge in [-0.2, -0.15) is 18.2 Å². The van der Waals surface area contributed by atoms with E-state index in [4.69, 9.17) is 4.74 Å². The largest absolute Gasteiger partial charge is 0.494 e. The van der Waals surface area contributed by atoms with Crippen molar-refractivity contribution >= 4 is 45.5 Å². The molecule has 4 N–H and O–H groups in total. The normalized spacial score (nSPS) is 11.3. The summed E-state index contributed by atoms with van der Waals surface area (Å²) in [6.07, 6.45) is -3.07. The molecular formula is C26H24F4N6O3. The number of amides is 1. The number of carbonyl (C=O) groups is 1. The van der Waals surface area contributed by atoms with Crippen molar-refractivity contribution in [3.8, 4) is 11.6 Å². The van der Waals surface area contributed by atoms with E-state index >= 15 is 0 Å². The summed E-state index contributed by atoms with van der Waals surface area (Å²) >= 11 is 0. The van der Waals surface area contributed by atoms with E-state index in [0.29, 0.717) is 28.7 Å². The van der Waals surface area contributed by atoms with Gasteiger partial charge in [0.2, 0.25) is 17.7 Å². The molecule has 0 aliphatic carbocycles. The molecule has 2 heterocycles. The second-order valence-corrected chi connectivity index (χ2v) is 8.29. The Bertz CT molecular complexity index is 1550. The van der Waals surface area contributed by atoms with Gasteiger partial charge >= 0.3 is 6.18 Å². The van der Waals surface area contributed by atoms with E-state index in [2.05, 4.69) is 32.5 Å². The lowest BCUT2D eigenvalue weighted by Gasteiger charge is -2.16. The first-order valence-electron chi connectivity index (χ1n) is 11.5. The summed E-state index contributed by atoms with van der Waals surface area (Å²) in [5.74, 6) is -1.21. The number of alkyl halides is 4. The lowest BCUT2D eigenvalue weighted by molar-refractivity contribution is -0.137. The van der Waals surface area contributed by atoms with Crippen molar-refractivity contribution in [1.29, 1.82) is 0 Å². The number of aromatic hydroxyl groups is 1. The lowest BCUT2D eigenvalue weighted by atomic mass is 10.1. The predicted octanol–water partition coefficient (Wildman–Crippen LogP) is 6.05. The molecule has 204 valence electrons. The molecule has 13 heteroatoms. The molecule has 0 bridgehead atoms. The second-order valence-electron chi connectivity index (χ2n) is 8.29. The number of benzene rings is 2. The van der Waals surface area contributed by atoms with E-state index in [1.165, 1.54) is 29.9 Å². The van der Waals surface area contributed by atoms with Gasteiger partial charge in [-0.05, 0) is 31.2 Å². The number of halogens is 4. The molecule has 4 rings (SSSR count). The molecule has 0 saturated carbocycles. The Morgan fingerprint density at radius 3 is 2.64 bits per heavy atom. The standard InChI is InChI=1S/C26H24F4N6O3/c1-4-21(37)32-15-8-9-18(20(12-15)39-3)34-25-31-13-17(26(28,29)30)23(35-25)33-19-7-5-6-16-14(2)36(11-10-27)24(38)22(16)19/h4-9,12-13,38H,1,10-11H2,2-3H3,(H,32,37)(H2,31,33,34,35). The molecule has 0 saturated heterocycles. The van der Waals surface area contributed by atoms with E-state index in [1.54, 1.807) is 25.1 Å². The average molecular weight is 545 g/mol. The third-order valence-electron chi connectivity index (χ3n) is 5.89. The number of methoxy groups -OCH3 is 1. The van der Waals surface area contributed by atoms with Crippen LogP contribution < -0.4 is 20.7 Å². The molecule has 0 aliphatic rings. The first kappa shape index (κ1) is 27.2. The second kappa shape index (κ2) is 10.9. The van der Waals surface area contributed by atoms with Crippen molar-refractivity contribution in [3.05, 3.63) is 66.5 Å². The minimum atomic E-state index is -4.80. The summed E-state index contributed by atoms with van der Waals surface area (Å²) in [6.45, 7) is 4.21. The van der Waals surface area contributed by atoms with Crippen molar-refractivity contribution in [2.24, 2.45) is 0 Å². The van der Waals surface area contributed by atoms with E-state index < -0.39 is 30.1 Å². The van der Waals surface area contributed by atoms with Crippen LogP contribution in [-0.4, -0.2) is 39.3 Å². The Morgan fingerprint density at radius 2 is 1.97 bits per heavy atom. The summed E-state index contributed by atoms with van der Waals surface area (Å²) in [6, 6.07) is 9.33. The van der Waals surface area contributed by atoms with Crippen LogP contribution in [0, 0.1) is 6.92 Å². The number of fused-ring (bicyclic) bond motifs is 1. The van der Waals surface area contributed by atoms with Gasteiger partial charge in [-0.1, -0.05) is 18.7 Å². The molecule has 0 spiro atoms. The Labute approximate surface area is 220 Å². The van der Waals surface area contributed by atoms with Crippen LogP contribution in [0.1, 0.15) is 11.3 Å². The van der Waals surface area contributed by atoms with Crippen molar-refractivity contribution < 1.29 is 32.2 Å². The number of ether oxygens (including phenoxy) is 1. The quantitative estimate of drug-likeness (QED) is 0.150. The number of rotatable bonds is 9. The molecule has 1 amide bonds. The van der Waals surface area contributed by atoms with Gasteiger partial charge < -0.3 is 30.4 Å². The van der Waals surface area contributed by atoms with Crippen LogP contribution in [0.25, 0.3) is 10.8 Å². The number of nitrogens with one attached hydrogen (secondary N) is 3. The predicted molar refractivity (Wildman–Crippen MR) is 140 cm³/mol. The molecule has 0 unspecified atom stereocenters. The number of aryl methyl sites for hydroxylation is 1. The maximum Gasteiger partial charge on any atom is 0.421 e. The maximum absolute atomic E-state index is 13.9. The highest BCUT2D eigenvalue weighted by Crippen LogP contribution is 2.41. The van der Waals surface area contributed by atoms with Crippen LogP contribution in [0.3, 0.4) is 0 Å².